The average Bonchev–Trinajstić information content (AvgIpc) is 2.25. The molecule has 0 unspecified atom stereocenters. The van der Waals surface area contributed by atoms with Gasteiger partial charge in [0.05, 0.1) is 16.9 Å². The number of amidine groups is 1. The van der Waals surface area contributed by atoms with E-state index in [9.17, 15) is 0 Å². The van der Waals surface area contributed by atoms with E-state index in [1.165, 1.54) is 0 Å². The standard InChI is InChI=1S/C12H17BrN2O/c1-3-6-16-12-5-4-10(7-11(12)13)8-15-9(2)14/h4-5,7H,3,6,8H2,1-2H3,(H2,14,15). The maximum Gasteiger partial charge on any atom is 0.133 e. The summed E-state index contributed by atoms with van der Waals surface area (Å²) in [7, 11) is 0. The first-order chi connectivity index (χ1) is 7.63. The molecule has 2 N–H and O–H groups in total. The molecule has 88 valence electrons. The van der Waals surface area contributed by atoms with Gasteiger partial charge in [-0.15, -0.1) is 0 Å². The second kappa shape index (κ2) is 6.53. The van der Waals surface area contributed by atoms with E-state index in [0.29, 0.717) is 12.4 Å². The molecule has 3 nitrogen and oxygen atoms in total. The summed E-state index contributed by atoms with van der Waals surface area (Å²) >= 11 is 3.48. The minimum atomic E-state index is 0.474. The number of hydrogen-bond acceptors (Lipinski definition) is 2. The van der Waals surface area contributed by atoms with Crippen LogP contribution in [0.4, 0.5) is 0 Å². The van der Waals surface area contributed by atoms with Crippen LogP contribution in [-0.4, -0.2) is 12.4 Å². The number of hydrogen-bond donors (Lipinski definition) is 2. The number of ether oxygens (including phenoxy) is 1. The van der Waals surface area contributed by atoms with Crippen LogP contribution < -0.4 is 10.1 Å². The third kappa shape index (κ3) is 4.23. The van der Waals surface area contributed by atoms with Crippen LogP contribution in [-0.2, 0) is 6.54 Å². The van der Waals surface area contributed by atoms with Gasteiger partial charge in [0.15, 0.2) is 0 Å². The molecular formula is C12H17BrN2O. The Bertz CT molecular complexity index is 366. The lowest BCUT2D eigenvalue weighted by molar-refractivity contribution is 0.315. The molecule has 0 aliphatic rings. The van der Waals surface area contributed by atoms with E-state index in [-0.39, 0.29) is 0 Å². The van der Waals surface area contributed by atoms with E-state index in [1.54, 1.807) is 6.92 Å². The van der Waals surface area contributed by atoms with Crippen molar-refractivity contribution in [2.24, 2.45) is 0 Å². The summed E-state index contributed by atoms with van der Waals surface area (Å²) in [4.78, 5) is 0. The molecule has 0 aromatic heterocycles. The number of nitrogens with one attached hydrogen (secondary N) is 2. The van der Waals surface area contributed by atoms with Crippen molar-refractivity contribution in [2.75, 3.05) is 6.61 Å². The van der Waals surface area contributed by atoms with Crippen molar-refractivity contribution in [3.8, 4) is 5.75 Å². The molecule has 1 aromatic rings. The Hall–Kier alpha value is -1.03. The summed E-state index contributed by atoms with van der Waals surface area (Å²) in [6.45, 7) is 5.21. The lowest BCUT2D eigenvalue weighted by Crippen LogP contribution is -2.18. The summed E-state index contributed by atoms with van der Waals surface area (Å²) in [6, 6.07) is 5.97. The second-order valence-electron chi connectivity index (χ2n) is 3.59. The first kappa shape index (κ1) is 13.0. The number of benzene rings is 1. The lowest BCUT2D eigenvalue weighted by atomic mass is 10.2. The predicted molar refractivity (Wildman–Crippen MR) is 70.2 cm³/mol. The highest BCUT2D eigenvalue weighted by Gasteiger charge is 2.02. The van der Waals surface area contributed by atoms with Crippen LogP contribution in [0.15, 0.2) is 22.7 Å². The molecule has 0 radical (unpaired) electrons. The van der Waals surface area contributed by atoms with Gasteiger partial charge in [-0.3, -0.25) is 5.41 Å². The summed E-state index contributed by atoms with van der Waals surface area (Å²) in [5, 5.41) is 10.3. The largest absolute Gasteiger partial charge is 0.492 e. The van der Waals surface area contributed by atoms with Gasteiger partial charge < -0.3 is 10.1 Å². The Morgan fingerprint density at radius 2 is 2.25 bits per heavy atom. The van der Waals surface area contributed by atoms with Gasteiger partial charge in [-0.1, -0.05) is 13.0 Å². The molecule has 0 atom stereocenters. The quantitative estimate of drug-likeness (QED) is 0.644. The smallest absolute Gasteiger partial charge is 0.133 e. The van der Waals surface area contributed by atoms with Crippen molar-refractivity contribution in [3.05, 3.63) is 28.2 Å². The highest BCUT2D eigenvalue weighted by molar-refractivity contribution is 9.10. The molecule has 4 heteroatoms. The van der Waals surface area contributed by atoms with Crippen molar-refractivity contribution in [3.63, 3.8) is 0 Å². The van der Waals surface area contributed by atoms with Crippen molar-refractivity contribution < 1.29 is 4.74 Å². The lowest BCUT2D eigenvalue weighted by Gasteiger charge is -2.09. The summed E-state index contributed by atoms with van der Waals surface area (Å²) in [6.07, 6.45) is 1.00. The topological polar surface area (TPSA) is 45.1 Å². The van der Waals surface area contributed by atoms with Gasteiger partial charge in [0.1, 0.15) is 5.75 Å². The van der Waals surface area contributed by atoms with Gasteiger partial charge in [-0.25, -0.2) is 0 Å². The summed E-state index contributed by atoms with van der Waals surface area (Å²) in [5.41, 5.74) is 1.13. The summed E-state index contributed by atoms with van der Waals surface area (Å²) in [5.74, 6) is 1.35. The van der Waals surface area contributed by atoms with Crippen LogP contribution in [0, 0.1) is 5.41 Å². The minimum absolute atomic E-state index is 0.474. The van der Waals surface area contributed by atoms with Crippen molar-refractivity contribution >= 4 is 21.8 Å². The van der Waals surface area contributed by atoms with Crippen LogP contribution in [0.3, 0.4) is 0 Å². The molecule has 0 spiro atoms. The van der Waals surface area contributed by atoms with Gasteiger partial charge in [-0.2, -0.15) is 0 Å². The average molecular weight is 285 g/mol. The maximum atomic E-state index is 7.28. The number of halogens is 1. The van der Waals surface area contributed by atoms with E-state index in [1.807, 2.05) is 18.2 Å². The molecule has 1 rings (SSSR count). The number of rotatable bonds is 5. The zero-order valence-corrected chi connectivity index (χ0v) is 11.2. The van der Waals surface area contributed by atoms with Crippen LogP contribution >= 0.6 is 15.9 Å². The molecule has 1 aromatic carbocycles. The van der Waals surface area contributed by atoms with Gasteiger partial charge in [0.25, 0.3) is 0 Å². The van der Waals surface area contributed by atoms with Crippen molar-refractivity contribution in [2.45, 2.75) is 26.8 Å². The SMILES string of the molecule is CCCOc1ccc(CNC(C)=N)cc1Br. The summed E-state index contributed by atoms with van der Waals surface area (Å²) < 4.78 is 6.52. The highest BCUT2D eigenvalue weighted by Crippen LogP contribution is 2.26. The molecule has 0 saturated heterocycles. The van der Waals surface area contributed by atoms with E-state index < -0.39 is 0 Å². The Balaban J connectivity index is 2.63. The fourth-order valence-corrected chi connectivity index (χ4v) is 1.76. The fraction of sp³-hybridized carbons (Fsp3) is 0.417. The third-order valence-electron chi connectivity index (χ3n) is 2.02. The van der Waals surface area contributed by atoms with Gasteiger partial charge in [0, 0.05) is 6.54 Å². The van der Waals surface area contributed by atoms with Gasteiger partial charge >= 0.3 is 0 Å². The van der Waals surface area contributed by atoms with Crippen molar-refractivity contribution in [1.82, 2.24) is 5.32 Å². The highest BCUT2D eigenvalue weighted by atomic mass is 79.9. The molecule has 0 fully saturated rings. The maximum absolute atomic E-state index is 7.28. The predicted octanol–water partition coefficient (Wildman–Crippen LogP) is 3.32. The monoisotopic (exact) mass is 284 g/mol. The molecular weight excluding hydrogens is 268 g/mol. The molecule has 16 heavy (non-hydrogen) atoms. The molecule has 0 aliphatic carbocycles. The first-order valence-corrected chi connectivity index (χ1v) is 6.13. The zero-order valence-electron chi connectivity index (χ0n) is 9.64. The molecule has 0 heterocycles. The van der Waals surface area contributed by atoms with Crippen LogP contribution in [0.5, 0.6) is 5.75 Å². The van der Waals surface area contributed by atoms with Crippen molar-refractivity contribution in [1.29, 1.82) is 5.41 Å². The molecule has 0 bridgehead atoms. The normalized spacial score (nSPS) is 9.94. The Morgan fingerprint density at radius 1 is 1.50 bits per heavy atom. The minimum Gasteiger partial charge on any atom is -0.492 e. The fourth-order valence-electron chi connectivity index (χ4n) is 1.22. The van der Waals surface area contributed by atoms with E-state index >= 15 is 0 Å². The van der Waals surface area contributed by atoms with Crippen LogP contribution in [0.2, 0.25) is 0 Å². The van der Waals surface area contributed by atoms with Gasteiger partial charge in [-0.05, 0) is 47.0 Å². The Kier molecular flexibility index (Phi) is 5.32. The van der Waals surface area contributed by atoms with Crippen LogP contribution in [0.25, 0.3) is 0 Å². The van der Waals surface area contributed by atoms with E-state index in [2.05, 4.69) is 28.2 Å². The molecule has 0 saturated carbocycles. The third-order valence-corrected chi connectivity index (χ3v) is 2.64. The zero-order chi connectivity index (χ0) is 12.0. The van der Waals surface area contributed by atoms with E-state index in [4.69, 9.17) is 10.1 Å². The molecule has 0 aliphatic heterocycles. The second-order valence-corrected chi connectivity index (χ2v) is 4.45. The first-order valence-electron chi connectivity index (χ1n) is 5.33. The Morgan fingerprint density at radius 3 is 2.81 bits per heavy atom. The molecule has 0 amide bonds. The van der Waals surface area contributed by atoms with E-state index in [0.717, 1.165) is 28.8 Å². The van der Waals surface area contributed by atoms with Crippen LogP contribution in [0.1, 0.15) is 25.8 Å². The Labute approximate surface area is 105 Å². The van der Waals surface area contributed by atoms with Gasteiger partial charge in [0.2, 0.25) is 0 Å².